The molecule has 0 saturated heterocycles. The molecule has 0 aromatic heterocycles. The van der Waals surface area contributed by atoms with Crippen molar-refractivity contribution in [1.82, 2.24) is 4.90 Å². The van der Waals surface area contributed by atoms with Crippen molar-refractivity contribution in [1.29, 1.82) is 0 Å². The lowest BCUT2D eigenvalue weighted by atomic mass is 9.98. The second-order valence-corrected chi connectivity index (χ2v) is 7.92. The Bertz CT molecular complexity index is 1170. The molecule has 4 rings (SSSR count). The van der Waals surface area contributed by atoms with Crippen LogP contribution < -0.4 is 10.6 Å². The van der Waals surface area contributed by atoms with E-state index in [1.165, 1.54) is 19.1 Å². The van der Waals surface area contributed by atoms with Crippen molar-refractivity contribution in [3.63, 3.8) is 0 Å². The number of benzene rings is 3. The molecule has 0 unspecified atom stereocenters. The summed E-state index contributed by atoms with van der Waals surface area (Å²) in [7, 11) is 0. The van der Waals surface area contributed by atoms with Crippen LogP contribution in [0.25, 0.3) is 0 Å². The van der Waals surface area contributed by atoms with E-state index in [1.807, 2.05) is 18.2 Å². The molecule has 0 spiro atoms. The van der Waals surface area contributed by atoms with Crippen molar-refractivity contribution >= 4 is 28.9 Å². The van der Waals surface area contributed by atoms with Gasteiger partial charge in [-0.1, -0.05) is 6.07 Å². The normalized spacial score (nSPS) is 13.3. The molecule has 0 saturated carbocycles. The molecule has 170 valence electrons. The van der Waals surface area contributed by atoms with Crippen molar-refractivity contribution in [2.24, 2.45) is 0 Å². The van der Waals surface area contributed by atoms with Gasteiger partial charge in [0.1, 0.15) is 0 Å². The van der Waals surface area contributed by atoms with Gasteiger partial charge in [0, 0.05) is 42.6 Å². The fourth-order valence-corrected chi connectivity index (χ4v) is 3.80. The molecule has 8 heteroatoms. The van der Waals surface area contributed by atoms with E-state index >= 15 is 0 Å². The fourth-order valence-electron chi connectivity index (χ4n) is 3.80. The fraction of sp³-hybridized carbons (Fsp3) is 0.200. The van der Waals surface area contributed by atoms with Gasteiger partial charge >= 0.3 is 6.18 Å². The number of fused-ring (bicyclic) bond motifs is 1. The predicted octanol–water partition coefficient (Wildman–Crippen LogP) is 5.61. The van der Waals surface area contributed by atoms with Gasteiger partial charge in [0.25, 0.3) is 5.91 Å². The summed E-state index contributed by atoms with van der Waals surface area (Å²) in [5.74, 6) is -0.254. The number of alkyl halides is 3. The number of anilines is 3. The van der Waals surface area contributed by atoms with Crippen molar-refractivity contribution in [2.45, 2.75) is 26.1 Å². The van der Waals surface area contributed by atoms with Crippen LogP contribution in [0.5, 0.6) is 0 Å². The molecule has 5 nitrogen and oxygen atoms in total. The zero-order chi connectivity index (χ0) is 23.6. The van der Waals surface area contributed by atoms with E-state index < -0.39 is 11.7 Å². The van der Waals surface area contributed by atoms with E-state index in [2.05, 4.69) is 10.6 Å². The van der Waals surface area contributed by atoms with Crippen LogP contribution in [-0.2, 0) is 23.9 Å². The van der Waals surface area contributed by atoms with Crippen molar-refractivity contribution in [2.75, 3.05) is 17.2 Å². The number of carbonyl (C=O) groups excluding carboxylic acids is 2. The molecular formula is C25H22F3N3O2. The minimum absolute atomic E-state index is 0.0815. The van der Waals surface area contributed by atoms with Gasteiger partial charge < -0.3 is 15.5 Å². The molecule has 33 heavy (non-hydrogen) atoms. The lowest BCUT2D eigenvalue weighted by Gasteiger charge is -2.29. The average molecular weight is 453 g/mol. The Morgan fingerprint density at radius 1 is 0.848 bits per heavy atom. The predicted molar refractivity (Wildman–Crippen MR) is 120 cm³/mol. The molecule has 0 atom stereocenters. The van der Waals surface area contributed by atoms with Gasteiger partial charge in [0.2, 0.25) is 5.91 Å². The van der Waals surface area contributed by atoms with Gasteiger partial charge in [0.15, 0.2) is 0 Å². The maximum atomic E-state index is 12.9. The average Bonchev–Trinajstić information content (AvgIpc) is 2.78. The van der Waals surface area contributed by atoms with Crippen LogP contribution in [0.2, 0.25) is 0 Å². The van der Waals surface area contributed by atoms with Gasteiger partial charge in [-0.2, -0.15) is 13.2 Å². The standard InChI is InChI=1S/C25H22F3N3O2/c1-16(32)29-21-7-2-17(3-8-21)24(33)31-13-12-18-14-23(9-4-19(18)15-31)30-22-10-5-20(6-11-22)25(26,27)28/h2-11,14,30H,12-13,15H2,1H3,(H,29,32). The van der Waals surface area contributed by atoms with Crippen LogP contribution in [0.15, 0.2) is 66.7 Å². The zero-order valence-electron chi connectivity index (χ0n) is 17.9. The van der Waals surface area contributed by atoms with Gasteiger partial charge in [0.05, 0.1) is 5.56 Å². The molecule has 3 aromatic carbocycles. The first-order valence-electron chi connectivity index (χ1n) is 10.4. The monoisotopic (exact) mass is 453 g/mol. The molecule has 0 fully saturated rings. The summed E-state index contributed by atoms with van der Waals surface area (Å²) in [5, 5.41) is 5.81. The summed E-state index contributed by atoms with van der Waals surface area (Å²) in [5.41, 5.74) is 3.97. The second-order valence-electron chi connectivity index (χ2n) is 7.92. The Hall–Kier alpha value is -3.81. The van der Waals surface area contributed by atoms with Gasteiger partial charge in [-0.25, -0.2) is 0 Å². The molecule has 1 aliphatic rings. The topological polar surface area (TPSA) is 61.4 Å². The highest BCUT2D eigenvalue weighted by Gasteiger charge is 2.30. The number of rotatable bonds is 4. The molecule has 0 radical (unpaired) electrons. The third-order valence-corrected chi connectivity index (χ3v) is 5.46. The Balaban J connectivity index is 1.42. The highest BCUT2D eigenvalue weighted by molar-refractivity contribution is 5.95. The second kappa shape index (κ2) is 8.97. The molecule has 3 aromatic rings. The Labute approximate surface area is 189 Å². The van der Waals surface area contributed by atoms with Crippen LogP contribution in [0.1, 0.15) is 34.0 Å². The Morgan fingerprint density at radius 2 is 1.48 bits per heavy atom. The molecule has 1 heterocycles. The number of halogens is 3. The van der Waals surface area contributed by atoms with Crippen LogP contribution >= 0.6 is 0 Å². The highest BCUT2D eigenvalue weighted by Crippen LogP contribution is 2.31. The molecule has 0 aliphatic carbocycles. The number of carbonyl (C=O) groups is 2. The molecule has 1 aliphatic heterocycles. The lowest BCUT2D eigenvalue weighted by molar-refractivity contribution is -0.137. The van der Waals surface area contributed by atoms with E-state index in [0.29, 0.717) is 36.4 Å². The minimum atomic E-state index is -4.36. The summed E-state index contributed by atoms with van der Waals surface area (Å²) in [6, 6.07) is 17.4. The Kier molecular flexibility index (Phi) is 6.09. The number of nitrogens with one attached hydrogen (secondary N) is 2. The van der Waals surface area contributed by atoms with Crippen molar-refractivity contribution < 1.29 is 22.8 Å². The Morgan fingerprint density at radius 3 is 2.12 bits per heavy atom. The van der Waals surface area contributed by atoms with Gasteiger partial charge in [-0.3, -0.25) is 9.59 Å². The molecule has 2 N–H and O–H groups in total. The van der Waals surface area contributed by atoms with Gasteiger partial charge in [-0.05, 0) is 78.2 Å². The van der Waals surface area contributed by atoms with Crippen LogP contribution in [-0.4, -0.2) is 23.3 Å². The third kappa shape index (κ3) is 5.34. The summed E-state index contributed by atoms with van der Waals surface area (Å²) in [6.07, 6.45) is -3.69. The van der Waals surface area contributed by atoms with Crippen molar-refractivity contribution in [3.8, 4) is 0 Å². The minimum Gasteiger partial charge on any atom is -0.356 e. The SMILES string of the molecule is CC(=O)Nc1ccc(C(=O)N2CCc3cc(Nc4ccc(C(F)(F)F)cc4)ccc3C2)cc1. The smallest absolute Gasteiger partial charge is 0.356 e. The van der Waals surface area contributed by atoms with Crippen LogP contribution in [0.3, 0.4) is 0 Å². The quantitative estimate of drug-likeness (QED) is 0.540. The first-order chi connectivity index (χ1) is 15.7. The van der Waals surface area contributed by atoms with Crippen LogP contribution in [0, 0.1) is 0 Å². The largest absolute Gasteiger partial charge is 0.416 e. The van der Waals surface area contributed by atoms with E-state index in [0.717, 1.165) is 28.9 Å². The third-order valence-electron chi connectivity index (χ3n) is 5.46. The maximum absolute atomic E-state index is 12.9. The van der Waals surface area contributed by atoms with E-state index in [9.17, 15) is 22.8 Å². The molecular weight excluding hydrogens is 431 g/mol. The molecule has 2 amide bonds. The number of amides is 2. The first-order valence-corrected chi connectivity index (χ1v) is 10.4. The summed E-state index contributed by atoms with van der Waals surface area (Å²) >= 11 is 0. The van der Waals surface area contributed by atoms with E-state index in [4.69, 9.17) is 0 Å². The summed E-state index contributed by atoms with van der Waals surface area (Å²) < 4.78 is 38.2. The first kappa shape index (κ1) is 22.4. The number of hydrogen-bond donors (Lipinski definition) is 2. The highest BCUT2D eigenvalue weighted by atomic mass is 19.4. The zero-order valence-corrected chi connectivity index (χ0v) is 17.9. The number of hydrogen-bond acceptors (Lipinski definition) is 3. The molecule has 0 bridgehead atoms. The summed E-state index contributed by atoms with van der Waals surface area (Å²) in [6.45, 7) is 2.46. The van der Waals surface area contributed by atoms with E-state index in [-0.39, 0.29) is 11.8 Å². The lowest BCUT2D eigenvalue weighted by Crippen LogP contribution is -2.35. The maximum Gasteiger partial charge on any atom is 0.416 e. The van der Waals surface area contributed by atoms with Crippen LogP contribution in [0.4, 0.5) is 30.2 Å². The number of nitrogens with zero attached hydrogens (tertiary/aromatic N) is 1. The van der Waals surface area contributed by atoms with E-state index in [1.54, 1.807) is 29.2 Å². The van der Waals surface area contributed by atoms with Gasteiger partial charge in [-0.15, -0.1) is 0 Å². The summed E-state index contributed by atoms with van der Waals surface area (Å²) in [4.78, 5) is 25.8. The van der Waals surface area contributed by atoms with Crippen molar-refractivity contribution in [3.05, 3.63) is 89.0 Å².